The van der Waals surface area contributed by atoms with Gasteiger partial charge in [-0.3, -0.25) is 0 Å². The molecule has 0 spiro atoms. The van der Waals surface area contributed by atoms with Crippen LogP contribution < -0.4 is 5.46 Å². The Labute approximate surface area is 213 Å². The molecule has 0 aliphatic rings. The predicted molar refractivity (Wildman–Crippen MR) is 152 cm³/mol. The van der Waals surface area contributed by atoms with E-state index in [0.29, 0.717) is 0 Å². The van der Waals surface area contributed by atoms with Crippen LogP contribution in [0.5, 0.6) is 0 Å². The largest absolute Gasteiger partial charge is 0.427 e. The van der Waals surface area contributed by atoms with Gasteiger partial charge in [-0.25, -0.2) is 4.98 Å². The van der Waals surface area contributed by atoms with Crippen LogP contribution in [0.1, 0.15) is 27.7 Å². The van der Waals surface area contributed by atoms with Crippen molar-refractivity contribution in [3.8, 4) is 10.6 Å². The molecule has 0 saturated carbocycles. The Morgan fingerprint density at radius 2 is 1.57 bits per heavy atom. The molecular weight excluding hydrogens is 469 g/mol. The summed E-state index contributed by atoms with van der Waals surface area (Å²) in [6.45, 7) is 7.36. The van der Waals surface area contributed by atoms with Gasteiger partial charge in [-0.2, -0.15) is 0 Å². The molecule has 0 fully saturated rings. The van der Waals surface area contributed by atoms with E-state index in [4.69, 9.17) is 9.64 Å². The van der Waals surface area contributed by atoms with Gasteiger partial charge in [-0.1, -0.05) is 54.6 Å². The van der Waals surface area contributed by atoms with Crippen LogP contribution in [0, 0.1) is 0 Å². The standard InChI is InChI=1S/C29H25BNO2S2/c1-28(2,32)29(3,4)33-30-21-13-8-14-23-25(21)19-11-7-12-20(26(19)34-23)27-31-22-15-17-9-5-6-10-18(17)16-24(22)35-27/h5-16,32H,1-4H3. The van der Waals surface area contributed by atoms with Crippen LogP contribution in [0.2, 0.25) is 0 Å². The van der Waals surface area contributed by atoms with Crippen molar-refractivity contribution in [1.29, 1.82) is 0 Å². The van der Waals surface area contributed by atoms with Gasteiger partial charge in [0.05, 0.1) is 21.4 Å². The fourth-order valence-electron chi connectivity index (χ4n) is 4.22. The topological polar surface area (TPSA) is 42.4 Å². The van der Waals surface area contributed by atoms with Gasteiger partial charge >= 0.3 is 7.48 Å². The molecule has 4 aromatic carbocycles. The number of thiazole rings is 1. The second-order valence-electron chi connectivity index (χ2n) is 10.00. The molecule has 2 heterocycles. The zero-order chi connectivity index (χ0) is 24.4. The van der Waals surface area contributed by atoms with E-state index in [1.54, 1.807) is 44.0 Å². The van der Waals surface area contributed by atoms with E-state index in [-0.39, 0.29) is 0 Å². The van der Waals surface area contributed by atoms with Crippen molar-refractivity contribution >= 4 is 76.8 Å². The molecule has 173 valence electrons. The molecule has 0 amide bonds. The van der Waals surface area contributed by atoms with Crippen molar-refractivity contribution in [2.75, 3.05) is 0 Å². The minimum atomic E-state index is -0.973. The van der Waals surface area contributed by atoms with Crippen molar-refractivity contribution in [3.05, 3.63) is 72.8 Å². The Hall–Kier alpha value is -2.77. The second-order valence-corrected chi connectivity index (χ2v) is 12.1. The summed E-state index contributed by atoms with van der Waals surface area (Å²) in [5, 5.41) is 16.4. The maximum Gasteiger partial charge on any atom is 0.331 e. The number of fused-ring (bicyclic) bond motifs is 5. The van der Waals surface area contributed by atoms with E-state index in [1.165, 1.54) is 35.6 Å². The molecule has 0 saturated heterocycles. The highest BCUT2D eigenvalue weighted by Gasteiger charge is 2.36. The first-order valence-electron chi connectivity index (χ1n) is 11.7. The smallest absolute Gasteiger partial charge is 0.331 e. The molecule has 6 rings (SSSR count). The molecule has 0 aliphatic carbocycles. The Morgan fingerprint density at radius 3 is 2.34 bits per heavy atom. The van der Waals surface area contributed by atoms with Crippen molar-refractivity contribution in [2.45, 2.75) is 38.9 Å². The molecule has 35 heavy (non-hydrogen) atoms. The molecule has 0 bridgehead atoms. The molecule has 1 radical (unpaired) electrons. The molecule has 1 N–H and O–H groups in total. The first-order valence-corrected chi connectivity index (χ1v) is 13.3. The van der Waals surface area contributed by atoms with Gasteiger partial charge < -0.3 is 9.76 Å². The van der Waals surface area contributed by atoms with Gasteiger partial charge in [0.1, 0.15) is 5.01 Å². The molecule has 3 nitrogen and oxygen atoms in total. The Morgan fingerprint density at radius 1 is 0.829 bits per heavy atom. The molecule has 0 unspecified atom stereocenters. The number of rotatable bonds is 5. The predicted octanol–water partition coefficient (Wildman–Crippen LogP) is 7.30. The molecule has 0 aliphatic heterocycles. The highest BCUT2D eigenvalue weighted by Crippen LogP contribution is 2.42. The molecule has 6 heteroatoms. The van der Waals surface area contributed by atoms with Gasteiger partial charge in [-0.05, 0) is 67.5 Å². The Kier molecular flexibility index (Phi) is 5.27. The van der Waals surface area contributed by atoms with Crippen molar-refractivity contribution in [2.24, 2.45) is 0 Å². The number of aromatic nitrogens is 1. The summed E-state index contributed by atoms with van der Waals surface area (Å²) in [5.74, 6) is 0. The van der Waals surface area contributed by atoms with E-state index in [9.17, 15) is 5.11 Å². The maximum atomic E-state index is 10.5. The Bertz CT molecular complexity index is 1670. The maximum absolute atomic E-state index is 10.5. The lowest BCUT2D eigenvalue weighted by molar-refractivity contribution is -0.0893. The molecule has 2 aromatic heterocycles. The van der Waals surface area contributed by atoms with Crippen LogP contribution in [0.3, 0.4) is 0 Å². The summed E-state index contributed by atoms with van der Waals surface area (Å²) in [5.41, 5.74) is 1.52. The number of hydrogen-bond donors (Lipinski definition) is 1. The number of thiophene rings is 1. The van der Waals surface area contributed by atoms with Gasteiger partial charge in [-0.15, -0.1) is 22.7 Å². The first kappa shape index (κ1) is 22.7. The minimum absolute atomic E-state index is 0.726. The second kappa shape index (κ2) is 8.14. The van der Waals surface area contributed by atoms with Gasteiger partial charge in [0, 0.05) is 20.3 Å². The Balaban J connectivity index is 1.47. The lowest BCUT2D eigenvalue weighted by Gasteiger charge is -2.37. The van der Waals surface area contributed by atoms with E-state index in [0.717, 1.165) is 21.6 Å². The zero-order valence-electron chi connectivity index (χ0n) is 20.1. The normalized spacial score (nSPS) is 12.8. The van der Waals surface area contributed by atoms with E-state index in [1.807, 2.05) is 13.8 Å². The SMILES string of the molecule is CC(C)(O)C(C)(C)O[B]c1cccc2sc3c(-c4nc5cc6ccccc6cc5s4)cccc3c12. The fourth-order valence-corrected chi connectivity index (χ4v) is 6.57. The van der Waals surface area contributed by atoms with Crippen molar-refractivity contribution in [3.63, 3.8) is 0 Å². The number of hydrogen-bond acceptors (Lipinski definition) is 5. The monoisotopic (exact) mass is 494 g/mol. The average molecular weight is 494 g/mol. The minimum Gasteiger partial charge on any atom is -0.427 e. The fraction of sp³-hybridized carbons (Fsp3) is 0.207. The third-order valence-corrected chi connectivity index (χ3v) is 9.25. The number of aliphatic hydroxyl groups is 1. The van der Waals surface area contributed by atoms with Crippen molar-refractivity contribution in [1.82, 2.24) is 4.98 Å². The molecular formula is C29H25BNO2S2. The van der Waals surface area contributed by atoms with E-state index < -0.39 is 11.2 Å². The summed E-state index contributed by atoms with van der Waals surface area (Å²) in [4.78, 5) is 5.04. The van der Waals surface area contributed by atoms with Gasteiger partial charge in [0.25, 0.3) is 0 Å². The number of benzene rings is 4. The third-order valence-electron chi connectivity index (χ3n) is 7.00. The average Bonchev–Trinajstić information content (AvgIpc) is 3.41. The van der Waals surface area contributed by atoms with Crippen LogP contribution in [0.25, 0.3) is 51.7 Å². The van der Waals surface area contributed by atoms with Crippen molar-refractivity contribution < 1.29 is 9.76 Å². The summed E-state index contributed by atoms with van der Waals surface area (Å²) in [6.07, 6.45) is 0. The van der Waals surface area contributed by atoms with Gasteiger partial charge in [0.2, 0.25) is 0 Å². The van der Waals surface area contributed by atoms with E-state index >= 15 is 0 Å². The lowest BCUT2D eigenvalue weighted by Crippen LogP contribution is -2.49. The number of nitrogens with zero attached hydrogens (tertiary/aromatic N) is 1. The molecule has 6 aromatic rings. The highest BCUT2D eigenvalue weighted by molar-refractivity contribution is 7.27. The molecule has 0 atom stereocenters. The lowest BCUT2D eigenvalue weighted by atomic mass is 9.80. The van der Waals surface area contributed by atoms with Crippen LogP contribution in [-0.2, 0) is 4.65 Å². The highest BCUT2D eigenvalue weighted by atomic mass is 32.1. The summed E-state index contributed by atoms with van der Waals surface area (Å²) in [7, 11) is 1.79. The van der Waals surface area contributed by atoms with Crippen LogP contribution in [0.15, 0.2) is 72.8 Å². The summed E-state index contributed by atoms with van der Waals surface area (Å²) >= 11 is 3.54. The quantitative estimate of drug-likeness (QED) is 0.256. The first-order chi connectivity index (χ1) is 16.7. The zero-order valence-corrected chi connectivity index (χ0v) is 21.8. The van der Waals surface area contributed by atoms with E-state index in [2.05, 4.69) is 72.8 Å². The summed E-state index contributed by atoms with van der Waals surface area (Å²) in [6, 6.07) is 25.6. The van der Waals surface area contributed by atoms with Crippen LogP contribution >= 0.6 is 22.7 Å². The third kappa shape index (κ3) is 3.85. The van der Waals surface area contributed by atoms with Crippen LogP contribution in [-0.4, -0.2) is 28.8 Å². The van der Waals surface area contributed by atoms with Gasteiger partial charge in [0.15, 0.2) is 0 Å². The van der Waals surface area contributed by atoms with Crippen LogP contribution in [0.4, 0.5) is 0 Å². The summed E-state index contributed by atoms with van der Waals surface area (Å²) < 4.78 is 9.76.